The van der Waals surface area contributed by atoms with Gasteiger partial charge in [-0.1, -0.05) is 32.0 Å². The zero-order chi connectivity index (χ0) is 25.0. The molecule has 2 N–H and O–H groups in total. The number of amides is 2. The Labute approximate surface area is 212 Å². The van der Waals surface area contributed by atoms with Crippen molar-refractivity contribution in [3.63, 3.8) is 0 Å². The van der Waals surface area contributed by atoms with Gasteiger partial charge in [-0.25, -0.2) is 27.3 Å². The lowest BCUT2D eigenvalue weighted by Crippen LogP contribution is -2.37. The fraction of sp³-hybridized carbons (Fsp3) is 0.250. The molecular formula is C24H25FIN3O4S. The van der Waals surface area contributed by atoms with Gasteiger partial charge in [-0.2, -0.15) is 0 Å². The molecule has 10 heteroatoms. The average molecular weight is 597 g/mol. The molecule has 1 unspecified atom stereocenters. The van der Waals surface area contributed by atoms with Crippen molar-refractivity contribution in [2.24, 2.45) is 0 Å². The van der Waals surface area contributed by atoms with Gasteiger partial charge in [-0.15, -0.1) is 0 Å². The number of hydrogen-bond acceptors (Lipinski definition) is 5. The third-order valence-electron chi connectivity index (χ3n) is 5.29. The van der Waals surface area contributed by atoms with Crippen LogP contribution in [0, 0.1) is 9.39 Å². The number of benzene rings is 2. The fourth-order valence-electron chi connectivity index (χ4n) is 3.47. The van der Waals surface area contributed by atoms with Crippen LogP contribution in [0.4, 0.5) is 14.9 Å². The van der Waals surface area contributed by atoms with Crippen LogP contribution in [0.5, 0.6) is 5.88 Å². The highest BCUT2D eigenvalue weighted by molar-refractivity contribution is 14.1. The summed E-state index contributed by atoms with van der Waals surface area (Å²) in [4.78, 5) is 16.9. The number of halogens is 2. The number of pyridine rings is 1. The SMILES string of the molecule is COc1cc(-c2cc(F)cc(C(C)C)c2NC(=O)NS(=O)(=O)C(C)c2ccccc2I)ccn1. The smallest absolute Gasteiger partial charge is 0.332 e. The minimum atomic E-state index is -4.06. The summed E-state index contributed by atoms with van der Waals surface area (Å²) < 4.78 is 48.4. The van der Waals surface area contributed by atoms with Crippen LogP contribution in [0.15, 0.2) is 54.7 Å². The summed E-state index contributed by atoms with van der Waals surface area (Å²) in [6, 6.07) is 12.0. The number of carbonyl (C=O) groups excluding carboxylic acids is 1. The van der Waals surface area contributed by atoms with Crippen LogP contribution in [0.2, 0.25) is 0 Å². The zero-order valence-electron chi connectivity index (χ0n) is 19.1. The third-order valence-corrected chi connectivity index (χ3v) is 7.93. The standard InChI is InChI=1S/C24H25FIN3O4S/c1-14(2)19-12-17(25)13-20(16-9-10-27-22(11-16)33-4)23(19)28-24(30)29-34(31,32)15(3)18-7-5-6-8-21(18)26/h5-15H,1-4H3,(H2,28,29,30). The Balaban J connectivity index is 1.98. The quantitative estimate of drug-likeness (QED) is 0.334. The van der Waals surface area contributed by atoms with Gasteiger partial charge in [0.1, 0.15) is 11.1 Å². The molecule has 180 valence electrons. The first kappa shape index (κ1) is 25.9. The molecule has 0 aliphatic carbocycles. The van der Waals surface area contributed by atoms with Crippen LogP contribution < -0.4 is 14.8 Å². The van der Waals surface area contributed by atoms with Gasteiger partial charge in [-0.3, -0.25) is 0 Å². The largest absolute Gasteiger partial charge is 0.481 e. The number of nitrogens with one attached hydrogen (secondary N) is 2. The van der Waals surface area contributed by atoms with Gasteiger partial charge in [0, 0.05) is 21.4 Å². The maximum Gasteiger partial charge on any atom is 0.332 e. The number of methoxy groups -OCH3 is 1. The van der Waals surface area contributed by atoms with Gasteiger partial charge >= 0.3 is 6.03 Å². The summed E-state index contributed by atoms with van der Waals surface area (Å²) in [6.07, 6.45) is 1.51. The van der Waals surface area contributed by atoms with Crippen molar-refractivity contribution >= 4 is 44.3 Å². The molecule has 7 nitrogen and oxygen atoms in total. The van der Waals surface area contributed by atoms with Gasteiger partial charge in [0.25, 0.3) is 0 Å². The molecule has 0 bridgehead atoms. The minimum absolute atomic E-state index is 0.157. The highest BCUT2D eigenvalue weighted by Gasteiger charge is 2.27. The Hall–Kier alpha value is -2.73. The molecule has 0 aliphatic rings. The average Bonchev–Trinajstić information content (AvgIpc) is 2.79. The van der Waals surface area contributed by atoms with Crippen LogP contribution in [0.1, 0.15) is 43.1 Å². The van der Waals surface area contributed by atoms with Crippen molar-refractivity contribution in [1.29, 1.82) is 0 Å². The van der Waals surface area contributed by atoms with E-state index >= 15 is 0 Å². The monoisotopic (exact) mass is 597 g/mol. The van der Waals surface area contributed by atoms with E-state index in [-0.39, 0.29) is 5.92 Å². The molecular weight excluding hydrogens is 572 g/mol. The summed E-state index contributed by atoms with van der Waals surface area (Å²) >= 11 is 2.06. The Morgan fingerprint density at radius 3 is 2.44 bits per heavy atom. The predicted molar refractivity (Wildman–Crippen MR) is 139 cm³/mol. The first-order chi connectivity index (χ1) is 16.0. The van der Waals surface area contributed by atoms with Crippen LogP contribution in [0.25, 0.3) is 11.1 Å². The molecule has 0 saturated carbocycles. The van der Waals surface area contributed by atoms with Crippen molar-refractivity contribution in [2.75, 3.05) is 12.4 Å². The van der Waals surface area contributed by atoms with E-state index in [0.717, 1.165) is 3.57 Å². The second-order valence-corrected chi connectivity index (χ2v) is 11.1. The van der Waals surface area contributed by atoms with Crippen LogP contribution >= 0.6 is 22.6 Å². The molecule has 2 aromatic carbocycles. The summed E-state index contributed by atoms with van der Waals surface area (Å²) in [5, 5.41) is 1.68. The summed E-state index contributed by atoms with van der Waals surface area (Å²) in [7, 11) is -2.59. The number of anilines is 1. The molecule has 0 radical (unpaired) electrons. The molecule has 34 heavy (non-hydrogen) atoms. The predicted octanol–water partition coefficient (Wildman–Crippen LogP) is 5.84. The Morgan fingerprint density at radius 2 is 1.79 bits per heavy atom. The number of sulfonamides is 1. The molecule has 1 heterocycles. The molecule has 1 aromatic heterocycles. The Kier molecular flexibility index (Phi) is 8.13. The van der Waals surface area contributed by atoms with Crippen molar-refractivity contribution in [3.05, 3.63) is 75.2 Å². The maximum atomic E-state index is 14.5. The van der Waals surface area contributed by atoms with Crippen LogP contribution in [-0.2, 0) is 10.0 Å². The minimum Gasteiger partial charge on any atom is -0.481 e. The first-order valence-corrected chi connectivity index (χ1v) is 13.1. The van der Waals surface area contributed by atoms with E-state index in [0.29, 0.717) is 33.8 Å². The lowest BCUT2D eigenvalue weighted by atomic mass is 9.94. The number of urea groups is 1. The summed E-state index contributed by atoms with van der Waals surface area (Å²) in [6.45, 7) is 5.22. The van der Waals surface area contributed by atoms with E-state index < -0.39 is 27.1 Å². The van der Waals surface area contributed by atoms with E-state index in [9.17, 15) is 17.6 Å². The second kappa shape index (κ2) is 10.7. The summed E-state index contributed by atoms with van der Waals surface area (Å²) in [5.74, 6) is -0.327. The molecule has 0 spiro atoms. The zero-order valence-corrected chi connectivity index (χ0v) is 22.1. The second-order valence-electron chi connectivity index (χ2n) is 7.92. The highest BCUT2D eigenvalue weighted by Crippen LogP contribution is 2.37. The number of hydrogen-bond donors (Lipinski definition) is 2. The van der Waals surface area contributed by atoms with Crippen molar-refractivity contribution in [2.45, 2.75) is 31.9 Å². The van der Waals surface area contributed by atoms with Crippen molar-refractivity contribution in [3.8, 4) is 17.0 Å². The Morgan fingerprint density at radius 1 is 1.09 bits per heavy atom. The number of carbonyl (C=O) groups is 1. The summed E-state index contributed by atoms with van der Waals surface area (Å²) in [5.41, 5.74) is 2.34. The van der Waals surface area contributed by atoms with E-state index in [4.69, 9.17) is 4.74 Å². The maximum absolute atomic E-state index is 14.5. The molecule has 1 atom stereocenters. The van der Waals surface area contributed by atoms with Gasteiger partial charge in [0.15, 0.2) is 0 Å². The topological polar surface area (TPSA) is 97.4 Å². The number of ether oxygens (including phenoxy) is 1. The van der Waals surface area contributed by atoms with E-state index in [2.05, 4.69) is 37.6 Å². The van der Waals surface area contributed by atoms with E-state index in [1.807, 2.05) is 19.9 Å². The lowest BCUT2D eigenvalue weighted by Gasteiger charge is -2.20. The van der Waals surface area contributed by atoms with Crippen LogP contribution in [0.3, 0.4) is 0 Å². The number of aromatic nitrogens is 1. The van der Waals surface area contributed by atoms with Crippen molar-refractivity contribution in [1.82, 2.24) is 9.71 Å². The molecule has 0 aliphatic heterocycles. The van der Waals surface area contributed by atoms with Crippen LogP contribution in [-0.4, -0.2) is 26.5 Å². The number of nitrogens with zero attached hydrogens (tertiary/aromatic N) is 1. The molecule has 3 aromatic rings. The van der Waals surface area contributed by atoms with Gasteiger partial charge < -0.3 is 10.1 Å². The van der Waals surface area contributed by atoms with Crippen molar-refractivity contribution < 1.29 is 22.3 Å². The lowest BCUT2D eigenvalue weighted by molar-refractivity contribution is 0.256. The van der Waals surface area contributed by atoms with Gasteiger partial charge in [-0.05, 0) is 76.4 Å². The molecule has 0 saturated heterocycles. The first-order valence-electron chi connectivity index (χ1n) is 10.4. The normalized spacial score (nSPS) is 12.3. The Bertz CT molecular complexity index is 1320. The van der Waals surface area contributed by atoms with E-state index in [1.54, 1.807) is 30.3 Å². The van der Waals surface area contributed by atoms with Gasteiger partial charge in [0.05, 0.1) is 12.8 Å². The fourth-order valence-corrected chi connectivity index (χ4v) is 5.56. The molecule has 0 fully saturated rings. The van der Waals surface area contributed by atoms with Gasteiger partial charge in [0.2, 0.25) is 15.9 Å². The molecule has 2 amide bonds. The molecule has 3 rings (SSSR count). The van der Waals surface area contributed by atoms with E-state index in [1.165, 1.54) is 32.4 Å². The highest BCUT2D eigenvalue weighted by atomic mass is 127. The number of rotatable bonds is 7. The third kappa shape index (κ3) is 5.84.